The van der Waals surface area contributed by atoms with Crippen LogP contribution in [0.5, 0.6) is 5.75 Å². The van der Waals surface area contributed by atoms with Crippen molar-refractivity contribution in [2.24, 2.45) is 0 Å². The largest absolute Gasteiger partial charge is 0.488 e. The predicted octanol–water partition coefficient (Wildman–Crippen LogP) is 2.87. The van der Waals surface area contributed by atoms with Crippen LogP contribution in [0.4, 0.5) is 9.18 Å². The topological polar surface area (TPSA) is 80.5 Å². The number of halogens is 1. The maximum absolute atomic E-state index is 13.6. The molecule has 26 heavy (non-hydrogen) atoms. The highest BCUT2D eigenvalue weighted by atomic mass is 19.1. The first-order chi connectivity index (χ1) is 12.5. The van der Waals surface area contributed by atoms with Crippen LogP contribution in [0.2, 0.25) is 0 Å². The molecule has 0 radical (unpaired) electrons. The van der Waals surface area contributed by atoms with Crippen molar-refractivity contribution in [3.8, 4) is 5.75 Å². The molecule has 2 atom stereocenters. The molecule has 2 aromatic rings. The Morgan fingerprint density at radius 1 is 1.50 bits per heavy atom. The summed E-state index contributed by atoms with van der Waals surface area (Å²) in [6.45, 7) is 5.00. The van der Waals surface area contributed by atoms with E-state index in [1.165, 1.54) is 6.07 Å². The number of hydrogen-bond donors (Lipinski definition) is 1. The molecule has 1 aliphatic heterocycles. The van der Waals surface area contributed by atoms with E-state index in [0.717, 1.165) is 12.8 Å². The van der Waals surface area contributed by atoms with Gasteiger partial charge in [0.05, 0.1) is 12.0 Å². The van der Waals surface area contributed by atoms with E-state index in [9.17, 15) is 9.18 Å². The lowest BCUT2D eigenvalue weighted by atomic mass is 9.98. The standard InChI is InChI=1S/C18H23FN4O3/c1-12(11-25-16-8-4-3-7-15(16)19)20-18(24)23-9-5-6-14(10-23)17-21-13(2)22-26-17/h3-4,7-8,12,14H,5-6,9-11H2,1-2H3,(H,20,24)/t12-,14+/m1/s1. The van der Waals surface area contributed by atoms with Crippen molar-refractivity contribution in [1.82, 2.24) is 20.4 Å². The zero-order valence-electron chi connectivity index (χ0n) is 14.9. The highest BCUT2D eigenvalue weighted by molar-refractivity contribution is 5.74. The van der Waals surface area contributed by atoms with Crippen LogP contribution in [0, 0.1) is 12.7 Å². The average Bonchev–Trinajstić information content (AvgIpc) is 3.07. The van der Waals surface area contributed by atoms with Gasteiger partial charge < -0.3 is 19.5 Å². The van der Waals surface area contributed by atoms with Gasteiger partial charge in [-0.1, -0.05) is 17.3 Å². The Bertz CT molecular complexity index is 752. The highest BCUT2D eigenvalue weighted by Crippen LogP contribution is 2.25. The van der Waals surface area contributed by atoms with Gasteiger partial charge in [0.2, 0.25) is 5.89 Å². The molecule has 3 rings (SSSR count). The number of amides is 2. The van der Waals surface area contributed by atoms with Crippen LogP contribution in [0.25, 0.3) is 0 Å². The summed E-state index contributed by atoms with van der Waals surface area (Å²) in [5.74, 6) is 0.996. The predicted molar refractivity (Wildman–Crippen MR) is 92.5 cm³/mol. The van der Waals surface area contributed by atoms with E-state index in [-0.39, 0.29) is 30.3 Å². The number of rotatable bonds is 5. The maximum atomic E-state index is 13.6. The van der Waals surface area contributed by atoms with Crippen molar-refractivity contribution >= 4 is 6.03 Å². The third-order valence-electron chi connectivity index (χ3n) is 4.30. The van der Waals surface area contributed by atoms with E-state index in [2.05, 4.69) is 15.5 Å². The number of para-hydroxylation sites is 1. The van der Waals surface area contributed by atoms with Crippen LogP contribution >= 0.6 is 0 Å². The Kier molecular flexibility index (Phi) is 5.70. The Morgan fingerprint density at radius 3 is 3.04 bits per heavy atom. The van der Waals surface area contributed by atoms with Gasteiger partial charge in [-0.15, -0.1) is 0 Å². The lowest BCUT2D eigenvalue weighted by Crippen LogP contribution is -2.49. The quantitative estimate of drug-likeness (QED) is 0.885. The number of nitrogens with one attached hydrogen (secondary N) is 1. The summed E-state index contributed by atoms with van der Waals surface area (Å²) in [4.78, 5) is 18.5. The van der Waals surface area contributed by atoms with Gasteiger partial charge in [0.15, 0.2) is 17.4 Å². The van der Waals surface area contributed by atoms with Crippen LogP contribution in [-0.4, -0.2) is 46.8 Å². The number of hydrogen-bond acceptors (Lipinski definition) is 5. The lowest BCUT2D eigenvalue weighted by molar-refractivity contribution is 0.164. The molecule has 7 nitrogen and oxygen atoms in total. The smallest absolute Gasteiger partial charge is 0.317 e. The third kappa shape index (κ3) is 4.50. The van der Waals surface area contributed by atoms with Gasteiger partial charge in [0, 0.05) is 13.1 Å². The minimum Gasteiger partial charge on any atom is -0.488 e. The fourth-order valence-electron chi connectivity index (χ4n) is 2.96. The SMILES string of the molecule is Cc1noc([C@H]2CCCN(C(=O)N[C@H](C)COc3ccccc3F)C2)n1. The molecule has 8 heteroatoms. The van der Waals surface area contributed by atoms with Crippen LogP contribution in [0.3, 0.4) is 0 Å². The van der Waals surface area contributed by atoms with E-state index in [0.29, 0.717) is 24.8 Å². The summed E-state index contributed by atoms with van der Waals surface area (Å²) in [5, 5.41) is 6.71. The molecular weight excluding hydrogens is 339 g/mol. The third-order valence-corrected chi connectivity index (χ3v) is 4.30. The number of carbonyl (C=O) groups is 1. The number of likely N-dealkylation sites (tertiary alicyclic amines) is 1. The molecule has 1 N–H and O–H groups in total. The first-order valence-corrected chi connectivity index (χ1v) is 8.76. The number of urea groups is 1. The van der Waals surface area contributed by atoms with E-state index in [4.69, 9.17) is 9.26 Å². The van der Waals surface area contributed by atoms with Crippen LogP contribution in [0.15, 0.2) is 28.8 Å². The average molecular weight is 362 g/mol. The van der Waals surface area contributed by atoms with Gasteiger partial charge in [0.1, 0.15) is 6.61 Å². The molecule has 1 fully saturated rings. The van der Waals surface area contributed by atoms with Crippen molar-refractivity contribution in [2.75, 3.05) is 19.7 Å². The van der Waals surface area contributed by atoms with Crippen molar-refractivity contribution in [3.63, 3.8) is 0 Å². The zero-order valence-corrected chi connectivity index (χ0v) is 14.9. The summed E-state index contributed by atoms with van der Waals surface area (Å²) in [6.07, 6.45) is 1.79. The Hall–Kier alpha value is -2.64. The van der Waals surface area contributed by atoms with Gasteiger partial charge >= 0.3 is 6.03 Å². The van der Waals surface area contributed by atoms with Gasteiger partial charge in [0.25, 0.3) is 0 Å². The second kappa shape index (κ2) is 8.16. The second-order valence-electron chi connectivity index (χ2n) is 6.56. The molecule has 1 aromatic carbocycles. The number of nitrogens with zero attached hydrogens (tertiary/aromatic N) is 3. The molecule has 140 valence electrons. The molecule has 0 saturated carbocycles. The van der Waals surface area contributed by atoms with Gasteiger partial charge in [-0.25, -0.2) is 9.18 Å². The van der Waals surface area contributed by atoms with Gasteiger partial charge in [-0.2, -0.15) is 4.98 Å². The van der Waals surface area contributed by atoms with Crippen LogP contribution < -0.4 is 10.1 Å². The molecule has 0 bridgehead atoms. The summed E-state index contributed by atoms with van der Waals surface area (Å²) in [7, 11) is 0. The van der Waals surface area contributed by atoms with Crippen molar-refractivity contribution in [1.29, 1.82) is 0 Å². The highest BCUT2D eigenvalue weighted by Gasteiger charge is 2.28. The minimum atomic E-state index is -0.417. The van der Waals surface area contributed by atoms with Crippen molar-refractivity contribution in [3.05, 3.63) is 41.8 Å². The molecule has 0 aliphatic carbocycles. The molecule has 2 heterocycles. The number of carbonyl (C=O) groups excluding carboxylic acids is 1. The van der Waals surface area contributed by atoms with Crippen LogP contribution in [-0.2, 0) is 0 Å². The summed E-state index contributed by atoms with van der Waals surface area (Å²) in [5.41, 5.74) is 0. The number of aryl methyl sites for hydroxylation is 1. The summed E-state index contributed by atoms with van der Waals surface area (Å²) >= 11 is 0. The first kappa shape index (κ1) is 18.2. The van der Waals surface area contributed by atoms with Crippen molar-refractivity contribution in [2.45, 2.75) is 38.6 Å². The van der Waals surface area contributed by atoms with E-state index >= 15 is 0 Å². The number of benzene rings is 1. The molecule has 0 spiro atoms. The van der Waals surface area contributed by atoms with Gasteiger partial charge in [-0.05, 0) is 38.8 Å². The minimum absolute atomic E-state index is 0.0562. The number of ether oxygens (including phenoxy) is 1. The van der Waals surface area contributed by atoms with Crippen molar-refractivity contribution < 1.29 is 18.4 Å². The Balaban J connectivity index is 1.49. The normalized spacial score (nSPS) is 18.4. The Morgan fingerprint density at radius 2 is 2.31 bits per heavy atom. The zero-order chi connectivity index (χ0) is 18.5. The molecule has 1 saturated heterocycles. The fraction of sp³-hybridized carbons (Fsp3) is 0.500. The number of aromatic nitrogens is 2. The molecule has 2 amide bonds. The number of piperidine rings is 1. The summed E-state index contributed by atoms with van der Waals surface area (Å²) < 4.78 is 24.2. The second-order valence-corrected chi connectivity index (χ2v) is 6.56. The maximum Gasteiger partial charge on any atom is 0.317 e. The summed E-state index contributed by atoms with van der Waals surface area (Å²) in [6, 6.07) is 5.78. The Labute approximate surface area is 151 Å². The van der Waals surface area contributed by atoms with E-state index in [1.807, 2.05) is 6.92 Å². The monoisotopic (exact) mass is 362 g/mol. The molecule has 1 aliphatic rings. The van der Waals surface area contributed by atoms with E-state index < -0.39 is 5.82 Å². The molecule has 1 aromatic heterocycles. The fourth-order valence-corrected chi connectivity index (χ4v) is 2.96. The first-order valence-electron chi connectivity index (χ1n) is 8.76. The molecule has 0 unspecified atom stereocenters. The van der Waals surface area contributed by atoms with E-state index in [1.54, 1.807) is 30.0 Å². The van der Waals surface area contributed by atoms with Gasteiger partial charge in [-0.3, -0.25) is 0 Å². The lowest BCUT2D eigenvalue weighted by Gasteiger charge is -2.32. The molecular formula is C18H23FN4O3. The van der Waals surface area contributed by atoms with Crippen LogP contribution in [0.1, 0.15) is 37.4 Å².